The van der Waals surface area contributed by atoms with E-state index in [-0.39, 0.29) is 17.2 Å². The molecule has 1 atom stereocenters. The topological polar surface area (TPSA) is 84.8 Å². The molecule has 7 heteroatoms. The number of ether oxygens (including phenoxy) is 2. The van der Waals surface area contributed by atoms with Crippen LogP contribution in [-0.4, -0.2) is 36.6 Å². The van der Waals surface area contributed by atoms with Crippen LogP contribution >= 0.6 is 0 Å². The van der Waals surface area contributed by atoms with Crippen molar-refractivity contribution in [2.45, 2.75) is 26.3 Å². The summed E-state index contributed by atoms with van der Waals surface area (Å²) < 4.78 is 16.5. The van der Waals surface area contributed by atoms with Gasteiger partial charge in [0, 0.05) is 12.1 Å². The van der Waals surface area contributed by atoms with Crippen LogP contribution in [0.2, 0.25) is 0 Å². The maximum atomic E-state index is 13.5. The van der Waals surface area contributed by atoms with Gasteiger partial charge < -0.3 is 23.8 Å². The van der Waals surface area contributed by atoms with Crippen molar-refractivity contribution in [3.63, 3.8) is 0 Å². The molecule has 0 radical (unpaired) electrons. The number of hydrogen-bond donors (Lipinski definition) is 1. The SMILES string of the molecule is COc1cc2c(cc1OC)[C@@H](c1cc3ccc(C)c(C)c3[nH]c1=O)N(C(=O)c1ccco1)CC2. The number of carbonyl (C=O) groups excluding carboxylic acids is 1. The van der Waals surface area contributed by atoms with Gasteiger partial charge >= 0.3 is 0 Å². The number of nitrogens with one attached hydrogen (secondary N) is 1. The van der Waals surface area contributed by atoms with Crippen LogP contribution in [0.15, 0.2) is 57.9 Å². The van der Waals surface area contributed by atoms with Gasteiger partial charge in [0.15, 0.2) is 17.3 Å². The van der Waals surface area contributed by atoms with Crippen LogP contribution in [0.5, 0.6) is 11.5 Å². The van der Waals surface area contributed by atoms with Gasteiger partial charge in [0.05, 0.1) is 32.0 Å². The molecule has 5 rings (SSSR count). The maximum absolute atomic E-state index is 13.5. The molecular weight excluding hydrogens is 432 g/mol. The molecule has 1 amide bonds. The highest BCUT2D eigenvalue weighted by Crippen LogP contribution is 2.41. The van der Waals surface area contributed by atoms with Crippen molar-refractivity contribution >= 4 is 16.8 Å². The molecule has 34 heavy (non-hydrogen) atoms. The van der Waals surface area contributed by atoms with E-state index in [2.05, 4.69) is 4.98 Å². The van der Waals surface area contributed by atoms with Gasteiger partial charge in [0.25, 0.3) is 11.5 Å². The first-order valence-electron chi connectivity index (χ1n) is 11.1. The number of aryl methyl sites for hydroxylation is 2. The van der Waals surface area contributed by atoms with Crippen LogP contribution < -0.4 is 15.0 Å². The summed E-state index contributed by atoms with van der Waals surface area (Å²) in [6.45, 7) is 4.44. The van der Waals surface area contributed by atoms with Gasteiger partial charge in [-0.15, -0.1) is 0 Å². The van der Waals surface area contributed by atoms with Crippen LogP contribution in [0.3, 0.4) is 0 Å². The Kier molecular flexibility index (Phi) is 5.40. The number of H-pyrrole nitrogens is 1. The predicted octanol–water partition coefficient (Wildman–Crippen LogP) is 4.54. The van der Waals surface area contributed by atoms with E-state index in [1.807, 2.05) is 44.2 Å². The molecule has 2 aromatic heterocycles. The molecule has 0 aliphatic carbocycles. The second-order valence-corrected chi connectivity index (χ2v) is 8.56. The van der Waals surface area contributed by atoms with E-state index in [1.165, 1.54) is 6.26 Å². The third-order valence-electron chi connectivity index (χ3n) is 6.74. The molecule has 1 N–H and O–H groups in total. The zero-order valence-corrected chi connectivity index (χ0v) is 19.6. The van der Waals surface area contributed by atoms with Crippen molar-refractivity contribution in [2.75, 3.05) is 20.8 Å². The first-order valence-corrected chi connectivity index (χ1v) is 11.1. The Morgan fingerprint density at radius 2 is 1.82 bits per heavy atom. The molecule has 3 heterocycles. The van der Waals surface area contributed by atoms with Gasteiger partial charge in [-0.2, -0.15) is 0 Å². The Labute approximate surface area is 196 Å². The number of nitrogens with zero attached hydrogens (tertiary/aromatic N) is 1. The zero-order valence-electron chi connectivity index (χ0n) is 19.6. The normalized spacial score (nSPS) is 15.3. The number of pyridine rings is 1. The van der Waals surface area contributed by atoms with Gasteiger partial charge in [0.2, 0.25) is 0 Å². The van der Waals surface area contributed by atoms with Gasteiger partial charge in [-0.25, -0.2) is 0 Å². The van der Waals surface area contributed by atoms with Crippen LogP contribution in [0, 0.1) is 13.8 Å². The summed E-state index contributed by atoms with van der Waals surface area (Å²) in [6.07, 6.45) is 2.09. The van der Waals surface area contributed by atoms with Crippen molar-refractivity contribution in [1.82, 2.24) is 9.88 Å². The van der Waals surface area contributed by atoms with E-state index in [9.17, 15) is 9.59 Å². The summed E-state index contributed by atoms with van der Waals surface area (Å²) in [5.41, 5.74) is 5.03. The fourth-order valence-corrected chi connectivity index (χ4v) is 4.79. The van der Waals surface area contributed by atoms with Crippen molar-refractivity contribution in [3.05, 3.63) is 92.7 Å². The lowest BCUT2D eigenvalue weighted by atomic mass is 9.87. The second kappa shape index (κ2) is 8.41. The average molecular weight is 459 g/mol. The van der Waals surface area contributed by atoms with E-state index >= 15 is 0 Å². The van der Waals surface area contributed by atoms with Gasteiger partial charge in [-0.3, -0.25) is 9.59 Å². The van der Waals surface area contributed by atoms with Crippen molar-refractivity contribution in [3.8, 4) is 11.5 Å². The monoisotopic (exact) mass is 458 g/mol. The molecule has 2 aromatic carbocycles. The first kappa shape index (κ1) is 21.8. The lowest BCUT2D eigenvalue weighted by Gasteiger charge is -2.37. The minimum absolute atomic E-state index is 0.230. The van der Waals surface area contributed by atoms with Crippen LogP contribution in [0.1, 0.15) is 44.4 Å². The van der Waals surface area contributed by atoms with E-state index in [1.54, 1.807) is 31.3 Å². The van der Waals surface area contributed by atoms with Gasteiger partial charge in [0.1, 0.15) is 0 Å². The number of methoxy groups -OCH3 is 2. The quantitative estimate of drug-likeness (QED) is 0.485. The Hall–Kier alpha value is -4.00. The van der Waals surface area contributed by atoms with Crippen molar-refractivity contribution < 1.29 is 18.7 Å². The van der Waals surface area contributed by atoms with Crippen LogP contribution in [0.25, 0.3) is 10.9 Å². The summed E-state index contributed by atoms with van der Waals surface area (Å²) in [5.74, 6) is 1.12. The fraction of sp³-hybridized carbons (Fsp3) is 0.259. The highest BCUT2D eigenvalue weighted by molar-refractivity contribution is 5.92. The molecule has 4 aromatic rings. The lowest BCUT2D eigenvalue weighted by molar-refractivity contribution is 0.0660. The third-order valence-corrected chi connectivity index (χ3v) is 6.74. The summed E-state index contributed by atoms with van der Waals surface area (Å²) in [7, 11) is 3.16. The van der Waals surface area contributed by atoms with E-state index in [4.69, 9.17) is 13.9 Å². The summed E-state index contributed by atoms with van der Waals surface area (Å²) in [5, 5.41) is 0.913. The predicted molar refractivity (Wildman–Crippen MR) is 129 cm³/mol. The number of carbonyl (C=O) groups is 1. The van der Waals surface area contributed by atoms with E-state index < -0.39 is 6.04 Å². The highest BCUT2D eigenvalue weighted by Gasteiger charge is 2.36. The standard InChI is InChI=1S/C27H26N2O5/c1-15-7-8-18-12-20(26(30)28-24(18)16(15)2)25-19-14-23(33-4)22(32-3)13-17(19)9-10-29(25)27(31)21-6-5-11-34-21/h5-8,11-14,25H,9-10H2,1-4H3,(H,28,30)/t25-/m0/s1. The molecule has 0 saturated carbocycles. The number of furan rings is 1. The fourth-order valence-electron chi connectivity index (χ4n) is 4.79. The number of hydrogen-bond acceptors (Lipinski definition) is 5. The van der Waals surface area contributed by atoms with Gasteiger partial charge in [-0.1, -0.05) is 12.1 Å². The smallest absolute Gasteiger partial charge is 0.290 e. The molecule has 0 unspecified atom stereocenters. The van der Waals surface area contributed by atoms with E-state index in [0.29, 0.717) is 30.0 Å². The molecule has 0 bridgehead atoms. The molecule has 1 aliphatic heterocycles. The Balaban J connectivity index is 1.75. The minimum Gasteiger partial charge on any atom is -0.493 e. The molecule has 0 saturated heterocycles. The minimum atomic E-state index is -0.615. The zero-order chi connectivity index (χ0) is 24.0. The summed E-state index contributed by atoms with van der Waals surface area (Å²) in [6, 6.07) is 12.4. The summed E-state index contributed by atoms with van der Waals surface area (Å²) in [4.78, 5) is 31.7. The van der Waals surface area contributed by atoms with Crippen molar-refractivity contribution in [1.29, 1.82) is 0 Å². The molecule has 0 fully saturated rings. The second-order valence-electron chi connectivity index (χ2n) is 8.56. The third kappa shape index (κ3) is 3.44. The van der Waals surface area contributed by atoms with E-state index in [0.717, 1.165) is 33.2 Å². The Bertz CT molecular complexity index is 1450. The average Bonchev–Trinajstić information content (AvgIpc) is 3.39. The van der Waals surface area contributed by atoms with Crippen molar-refractivity contribution in [2.24, 2.45) is 0 Å². The van der Waals surface area contributed by atoms with Crippen LogP contribution in [-0.2, 0) is 6.42 Å². The number of fused-ring (bicyclic) bond motifs is 2. The molecular formula is C27H26N2O5. The summed E-state index contributed by atoms with van der Waals surface area (Å²) >= 11 is 0. The van der Waals surface area contributed by atoms with Gasteiger partial charge in [-0.05, 0) is 78.2 Å². The number of amides is 1. The largest absolute Gasteiger partial charge is 0.493 e. The number of rotatable bonds is 4. The first-order chi connectivity index (χ1) is 16.4. The number of benzene rings is 2. The molecule has 7 nitrogen and oxygen atoms in total. The lowest BCUT2D eigenvalue weighted by Crippen LogP contribution is -2.42. The highest BCUT2D eigenvalue weighted by atomic mass is 16.5. The molecule has 174 valence electrons. The molecule has 0 spiro atoms. The van der Waals surface area contributed by atoms with Crippen LogP contribution in [0.4, 0.5) is 0 Å². The Morgan fingerprint density at radius 3 is 2.53 bits per heavy atom. The maximum Gasteiger partial charge on any atom is 0.290 e. The number of aromatic nitrogens is 1. The Morgan fingerprint density at radius 1 is 1.06 bits per heavy atom. The molecule has 1 aliphatic rings. The number of aromatic amines is 1.